The van der Waals surface area contributed by atoms with Gasteiger partial charge < -0.3 is 0 Å². The van der Waals surface area contributed by atoms with Gasteiger partial charge in [0.25, 0.3) is 0 Å². The fourth-order valence-corrected chi connectivity index (χ4v) is 1.15. The molecule has 0 spiro atoms. The van der Waals surface area contributed by atoms with E-state index in [0.717, 1.165) is 0 Å². The van der Waals surface area contributed by atoms with E-state index in [2.05, 4.69) is 9.76 Å². The van der Waals surface area contributed by atoms with E-state index in [-0.39, 0.29) is 0 Å². The van der Waals surface area contributed by atoms with Gasteiger partial charge in [-0.25, -0.2) is 5.48 Å². The average Bonchev–Trinajstić information content (AvgIpc) is 2.06. The van der Waals surface area contributed by atoms with Gasteiger partial charge in [0, 0.05) is 5.02 Å². The van der Waals surface area contributed by atoms with E-state index in [9.17, 15) is 4.21 Å². The van der Waals surface area contributed by atoms with Crippen molar-refractivity contribution < 1.29 is 13.0 Å². The summed E-state index contributed by atoms with van der Waals surface area (Å²) in [7, 11) is 0. The molecule has 0 aliphatic heterocycles. The molecule has 1 atom stereocenters. The molecule has 0 aliphatic carbocycles. The molecule has 0 fully saturated rings. The zero-order valence-electron chi connectivity index (χ0n) is 6.16. The first-order chi connectivity index (χ1) is 6.09. The van der Waals surface area contributed by atoms with E-state index < -0.39 is 11.4 Å². The molecule has 7 heteroatoms. The van der Waals surface area contributed by atoms with Gasteiger partial charge in [0.2, 0.25) is 0 Å². The van der Waals surface area contributed by atoms with Crippen molar-refractivity contribution >= 4 is 40.3 Å². The lowest BCUT2D eigenvalue weighted by molar-refractivity contribution is 0.373. The molecule has 13 heavy (non-hydrogen) atoms. The van der Waals surface area contributed by atoms with Gasteiger partial charge in [-0.05, 0) is 18.2 Å². The highest BCUT2D eigenvalue weighted by Crippen LogP contribution is 2.25. The topological polar surface area (TPSA) is 58.6 Å². The van der Waals surface area contributed by atoms with Crippen molar-refractivity contribution in [3.8, 4) is 0 Å². The summed E-state index contributed by atoms with van der Waals surface area (Å²) in [6.07, 6.45) is 0. The van der Waals surface area contributed by atoms with Gasteiger partial charge in [0.05, 0.1) is 10.7 Å². The Morgan fingerprint density at radius 1 is 1.46 bits per heavy atom. The largest absolute Gasteiger partial charge is 0.324 e. The Morgan fingerprint density at radius 2 is 2.15 bits per heavy atom. The van der Waals surface area contributed by atoms with Crippen LogP contribution in [0.3, 0.4) is 0 Å². The smallest absolute Gasteiger partial charge is 0.282 e. The van der Waals surface area contributed by atoms with Crippen molar-refractivity contribution in [2.75, 3.05) is 5.48 Å². The summed E-state index contributed by atoms with van der Waals surface area (Å²) < 4.78 is 22.6. The molecular weight excluding hydrogens is 237 g/mol. The Morgan fingerprint density at radius 3 is 2.77 bits per heavy atom. The SMILES string of the molecule is O=S(O)ONc1cc(Cl)ccc1Cl. The molecular formula is C6H5Cl2NO3S. The summed E-state index contributed by atoms with van der Waals surface area (Å²) in [5.41, 5.74) is 2.52. The lowest BCUT2D eigenvalue weighted by atomic mass is 10.3. The molecule has 2 N–H and O–H groups in total. The summed E-state index contributed by atoms with van der Waals surface area (Å²) in [5.74, 6) is 0. The van der Waals surface area contributed by atoms with Crippen molar-refractivity contribution in [2.45, 2.75) is 0 Å². The Kier molecular flexibility index (Phi) is 3.95. The monoisotopic (exact) mass is 241 g/mol. The fraction of sp³-hybridized carbons (Fsp3) is 0. The van der Waals surface area contributed by atoms with E-state index in [1.165, 1.54) is 12.1 Å². The molecule has 0 aliphatic rings. The third-order valence-corrected chi connectivity index (χ3v) is 1.94. The predicted octanol–water partition coefficient (Wildman–Crippen LogP) is 2.47. The van der Waals surface area contributed by atoms with E-state index in [1.54, 1.807) is 6.07 Å². The van der Waals surface area contributed by atoms with Gasteiger partial charge in [-0.3, -0.25) is 4.55 Å². The molecule has 1 aromatic carbocycles. The van der Waals surface area contributed by atoms with Gasteiger partial charge in [-0.2, -0.15) is 4.21 Å². The molecule has 0 saturated carbocycles. The number of benzene rings is 1. The van der Waals surface area contributed by atoms with Crippen molar-refractivity contribution in [1.29, 1.82) is 0 Å². The molecule has 1 aromatic rings. The maximum absolute atomic E-state index is 10.1. The Balaban J connectivity index is 2.75. The van der Waals surface area contributed by atoms with Gasteiger partial charge >= 0.3 is 11.4 Å². The van der Waals surface area contributed by atoms with Gasteiger partial charge in [0.1, 0.15) is 0 Å². The molecule has 72 valence electrons. The van der Waals surface area contributed by atoms with Crippen molar-refractivity contribution in [2.24, 2.45) is 0 Å². The van der Waals surface area contributed by atoms with Crippen LogP contribution in [0.15, 0.2) is 18.2 Å². The minimum absolute atomic E-state index is 0.330. The second kappa shape index (κ2) is 4.78. The third-order valence-electron chi connectivity index (χ3n) is 1.15. The van der Waals surface area contributed by atoms with Crippen LogP contribution < -0.4 is 5.48 Å². The summed E-state index contributed by atoms with van der Waals surface area (Å²) in [6.45, 7) is 0. The predicted molar refractivity (Wildman–Crippen MR) is 51.9 cm³/mol. The maximum atomic E-state index is 10.1. The van der Waals surface area contributed by atoms with Gasteiger partial charge in [-0.1, -0.05) is 23.2 Å². The average molecular weight is 242 g/mol. The second-order valence-corrected chi connectivity index (χ2v) is 3.47. The zero-order valence-corrected chi connectivity index (χ0v) is 8.49. The first-order valence-electron chi connectivity index (χ1n) is 3.09. The van der Waals surface area contributed by atoms with Crippen LogP contribution in [0.25, 0.3) is 0 Å². The highest BCUT2D eigenvalue weighted by atomic mass is 35.5. The lowest BCUT2D eigenvalue weighted by Gasteiger charge is -2.04. The number of hydrogen-bond donors (Lipinski definition) is 2. The van der Waals surface area contributed by atoms with Crippen LogP contribution in [-0.2, 0) is 15.6 Å². The first-order valence-corrected chi connectivity index (χ1v) is 4.87. The standard InChI is InChI=1S/C6H5Cl2NO3S/c7-4-1-2-5(8)6(3-4)9-12-13(10)11/h1-3,9H,(H,10,11). The Bertz CT molecular complexity index is 334. The maximum Gasteiger partial charge on any atom is 0.324 e. The number of nitrogens with one attached hydrogen (secondary N) is 1. The molecule has 0 heterocycles. The lowest BCUT2D eigenvalue weighted by Crippen LogP contribution is -2.03. The Hall–Kier alpha value is -0.330. The summed E-state index contributed by atoms with van der Waals surface area (Å²) in [4.78, 5) is 0. The van der Waals surface area contributed by atoms with Crippen LogP contribution in [0, 0.1) is 0 Å². The Labute approximate surface area is 87.2 Å². The minimum Gasteiger partial charge on any atom is -0.282 e. The quantitative estimate of drug-likeness (QED) is 0.631. The molecule has 0 saturated heterocycles. The number of anilines is 1. The van der Waals surface area contributed by atoms with Crippen molar-refractivity contribution in [3.05, 3.63) is 28.2 Å². The second-order valence-electron chi connectivity index (χ2n) is 2.03. The minimum atomic E-state index is -2.39. The van der Waals surface area contributed by atoms with Crippen LogP contribution >= 0.6 is 23.2 Å². The van der Waals surface area contributed by atoms with Crippen molar-refractivity contribution in [1.82, 2.24) is 0 Å². The van der Waals surface area contributed by atoms with Crippen molar-refractivity contribution in [3.63, 3.8) is 0 Å². The normalized spacial score (nSPS) is 12.5. The van der Waals surface area contributed by atoms with Crippen LogP contribution in [-0.4, -0.2) is 8.76 Å². The van der Waals surface area contributed by atoms with Crippen LogP contribution in [0.1, 0.15) is 0 Å². The molecule has 0 aromatic heterocycles. The summed E-state index contributed by atoms with van der Waals surface area (Å²) in [6, 6.07) is 4.59. The molecule has 0 bridgehead atoms. The number of rotatable bonds is 3. The van der Waals surface area contributed by atoms with E-state index in [4.69, 9.17) is 27.8 Å². The number of hydrogen-bond acceptors (Lipinski definition) is 3. The number of halogens is 2. The third kappa shape index (κ3) is 3.50. The molecule has 4 nitrogen and oxygen atoms in total. The van der Waals surface area contributed by atoms with E-state index >= 15 is 0 Å². The molecule has 1 unspecified atom stereocenters. The van der Waals surface area contributed by atoms with E-state index in [0.29, 0.717) is 15.7 Å². The van der Waals surface area contributed by atoms with Crippen LogP contribution in [0.4, 0.5) is 5.69 Å². The van der Waals surface area contributed by atoms with Gasteiger partial charge in [-0.15, -0.1) is 4.28 Å². The molecule has 0 amide bonds. The highest BCUT2D eigenvalue weighted by Gasteiger charge is 2.02. The van der Waals surface area contributed by atoms with Crippen LogP contribution in [0.5, 0.6) is 0 Å². The molecule has 0 radical (unpaired) electrons. The molecule has 1 rings (SSSR count). The van der Waals surface area contributed by atoms with E-state index in [1.807, 2.05) is 0 Å². The zero-order chi connectivity index (χ0) is 9.84. The fourth-order valence-electron chi connectivity index (χ4n) is 0.656. The van der Waals surface area contributed by atoms with Gasteiger partial charge in [0.15, 0.2) is 0 Å². The first kappa shape index (κ1) is 10.7. The summed E-state index contributed by atoms with van der Waals surface area (Å²) in [5, 5.41) is 0.786. The highest BCUT2D eigenvalue weighted by molar-refractivity contribution is 7.74. The van der Waals surface area contributed by atoms with Crippen LogP contribution in [0.2, 0.25) is 10.0 Å². The summed E-state index contributed by atoms with van der Waals surface area (Å²) >= 11 is 8.94.